The van der Waals surface area contributed by atoms with Crippen LogP contribution in [0.15, 0.2) is 18.7 Å². The highest BCUT2D eigenvalue weighted by Crippen LogP contribution is 2.50. The molecule has 2 N–H and O–H groups in total. The number of aryl methyl sites for hydroxylation is 1. The van der Waals surface area contributed by atoms with Gasteiger partial charge in [-0.25, -0.2) is 4.98 Å². The molecule has 134 valence electrons. The number of imidazole rings is 1. The minimum Gasteiger partial charge on any atom is -0.394 e. The molecule has 2 atom stereocenters. The molecule has 1 saturated heterocycles. The van der Waals surface area contributed by atoms with Crippen LogP contribution >= 0.6 is 0 Å². The predicted molar refractivity (Wildman–Crippen MR) is 87.2 cm³/mol. The van der Waals surface area contributed by atoms with Gasteiger partial charge in [0.05, 0.1) is 31.7 Å². The molecule has 2 aliphatic rings. The number of ether oxygens (including phenoxy) is 1. The number of nitrogens with zero attached hydrogens (tertiary/aromatic N) is 3. The third kappa shape index (κ3) is 3.48. The Labute approximate surface area is 142 Å². The Kier molecular flexibility index (Phi) is 5.53. The molecule has 0 radical (unpaired) electrons. The van der Waals surface area contributed by atoms with Gasteiger partial charge in [0.15, 0.2) is 0 Å². The van der Waals surface area contributed by atoms with Gasteiger partial charge in [-0.15, -0.1) is 0 Å². The molecule has 1 aliphatic heterocycles. The number of aliphatic hydroxyl groups excluding tert-OH is 2. The van der Waals surface area contributed by atoms with Crippen molar-refractivity contribution < 1.29 is 19.7 Å². The molecule has 24 heavy (non-hydrogen) atoms. The monoisotopic (exact) mass is 337 g/mol. The first-order valence-electron chi connectivity index (χ1n) is 8.80. The van der Waals surface area contributed by atoms with Crippen LogP contribution in [0.3, 0.4) is 0 Å². The first-order valence-corrected chi connectivity index (χ1v) is 8.80. The van der Waals surface area contributed by atoms with Crippen molar-refractivity contribution in [2.75, 3.05) is 26.3 Å². The van der Waals surface area contributed by atoms with Crippen molar-refractivity contribution in [3.63, 3.8) is 0 Å². The number of amides is 1. The Balaban J connectivity index is 1.43. The van der Waals surface area contributed by atoms with Gasteiger partial charge in [0.2, 0.25) is 5.91 Å². The van der Waals surface area contributed by atoms with E-state index in [4.69, 9.17) is 9.84 Å². The SMILES string of the molecule is O=C(CCCn1ccnc1)N1CCC2(CC1)[C@H](O)C[C@@H]2OCCO. The van der Waals surface area contributed by atoms with Crippen LogP contribution in [-0.4, -0.2) is 69.1 Å². The van der Waals surface area contributed by atoms with Gasteiger partial charge >= 0.3 is 0 Å². The van der Waals surface area contributed by atoms with E-state index in [0.29, 0.717) is 32.5 Å². The summed E-state index contributed by atoms with van der Waals surface area (Å²) in [7, 11) is 0. The fourth-order valence-electron chi connectivity index (χ4n) is 3.97. The summed E-state index contributed by atoms with van der Waals surface area (Å²) < 4.78 is 7.65. The zero-order valence-electron chi connectivity index (χ0n) is 14.0. The summed E-state index contributed by atoms with van der Waals surface area (Å²) in [5.74, 6) is 0.187. The maximum absolute atomic E-state index is 12.4. The number of carbonyl (C=O) groups excluding carboxylic acids is 1. The highest BCUT2D eigenvalue weighted by molar-refractivity contribution is 5.76. The Bertz CT molecular complexity index is 526. The average molecular weight is 337 g/mol. The van der Waals surface area contributed by atoms with Gasteiger partial charge in [0.1, 0.15) is 0 Å². The number of hydrogen-bond acceptors (Lipinski definition) is 5. The van der Waals surface area contributed by atoms with Crippen molar-refractivity contribution in [1.82, 2.24) is 14.5 Å². The summed E-state index contributed by atoms with van der Waals surface area (Å²) in [6, 6.07) is 0. The van der Waals surface area contributed by atoms with Crippen LogP contribution in [0, 0.1) is 5.41 Å². The van der Waals surface area contributed by atoms with Gasteiger partial charge < -0.3 is 24.4 Å². The first kappa shape index (κ1) is 17.4. The van der Waals surface area contributed by atoms with E-state index in [2.05, 4.69) is 4.98 Å². The number of hydrogen-bond donors (Lipinski definition) is 2. The molecule has 0 unspecified atom stereocenters. The van der Waals surface area contributed by atoms with Crippen LogP contribution in [0.25, 0.3) is 0 Å². The van der Waals surface area contributed by atoms with E-state index in [1.54, 1.807) is 12.5 Å². The van der Waals surface area contributed by atoms with Gasteiger partial charge in [-0.05, 0) is 19.3 Å². The van der Waals surface area contributed by atoms with E-state index < -0.39 is 0 Å². The van der Waals surface area contributed by atoms with Crippen molar-refractivity contribution in [2.45, 2.75) is 50.9 Å². The highest BCUT2D eigenvalue weighted by Gasteiger charge is 2.56. The summed E-state index contributed by atoms with van der Waals surface area (Å²) in [6.07, 6.45) is 8.61. The number of aromatic nitrogens is 2. The van der Waals surface area contributed by atoms with Gasteiger partial charge in [-0.2, -0.15) is 0 Å². The number of aliphatic hydroxyl groups is 2. The molecule has 1 aromatic rings. The number of piperidine rings is 1. The summed E-state index contributed by atoms with van der Waals surface area (Å²) >= 11 is 0. The predicted octanol–water partition coefficient (Wildman–Crippen LogP) is 0.414. The number of likely N-dealkylation sites (tertiary alicyclic amines) is 1. The fourth-order valence-corrected chi connectivity index (χ4v) is 3.97. The molecule has 1 amide bonds. The van der Waals surface area contributed by atoms with Crippen molar-refractivity contribution >= 4 is 5.91 Å². The fraction of sp³-hybridized carbons (Fsp3) is 0.765. The summed E-state index contributed by atoms with van der Waals surface area (Å²) in [6.45, 7) is 2.49. The lowest BCUT2D eigenvalue weighted by Crippen LogP contribution is -2.62. The van der Waals surface area contributed by atoms with Crippen molar-refractivity contribution in [1.29, 1.82) is 0 Å². The summed E-state index contributed by atoms with van der Waals surface area (Å²) in [5.41, 5.74) is -0.219. The van der Waals surface area contributed by atoms with E-state index >= 15 is 0 Å². The lowest BCUT2D eigenvalue weighted by Gasteiger charge is -2.56. The van der Waals surface area contributed by atoms with Crippen molar-refractivity contribution in [2.24, 2.45) is 5.41 Å². The minimum absolute atomic E-state index is 0.00417. The molecule has 1 spiro atoms. The highest BCUT2D eigenvalue weighted by atomic mass is 16.5. The normalized spacial score (nSPS) is 25.7. The largest absolute Gasteiger partial charge is 0.394 e. The van der Waals surface area contributed by atoms with Gasteiger partial charge in [-0.1, -0.05) is 0 Å². The molecule has 0 bridgehead atoms. The van der Waals surface area contributed by atoms with Gasteiger partial charge in [0, 0.05) is 50.3 Å². The van der Waals surface area contributed by atoms with Crippen LogP contribution in [0.5, 0.6) is 0 Å². The van der Waals surface area contributed by atoms with E-state index in [9.17, 15) is 9.90 Å². The molecule has 1 saturated carbocycles. The molecule has 2 heterocycles. The van der Waals surface area contributed by atoms with Crippen molar-refractivity contribution in [3.05, 3.63) is 18.7 Å². The molecular formula is C17H27N3O4. The number of carbonyl (C=O) groups is 1. The Morgan fingerprint density at radius 1 is 1.38 bits per heavy atom. The van der Waals surface area contributed by atoms with E-state index in [1.807, 2.05) is 15.7 Å². The second kappa shape index (κ2) is 7.63. The summed E-state index contributed by atoms with van der Waals surface area (Å²) in [4.78, 5) is 18.3. The lowest BCUT2D eigenvalue weighted by molar-refractivity contribution is -0.213. The van der Waals surface area contributed by atoms with Crippen LogP contribution in [0.4, 0.5) is 0 Å². The Hall–Kier alpha value is -1.44. The first-order chi connectivity index (χ1) is 11.7. The maximum atomic E-state index is 12.4. The Morgan fingerprint density at radius 3 is 2.79 bits per heavy atom. The maximum Gasteiger partial charge on any atom is 0.222 e. The van der Waals surface area contributed by atoms with E-state index in [0.717, 1.165) is 25.8 Å². The minimum atomic E-state index is -0.348. The topological polar surface area (TPSA) is 87.8 Å². The van der Waals surface area contributed by atoms with Gasteiger partial charge in [-0.3, -0.25) is 4.79 Å². The average Bonchev–Trinajstić information content (AvgIpc) is 3.12. The van der Waals surface area contributed by atoms with Crippen LogP contribution in [0.2, 0.25) is 0 Å². The zero-order valence-corrected chi connectivity index (χ0v) is 14.0. The quantitative estimate of drug-likeness (QED) is 0.753. The molecule has 7 heteroatoms. The third-order valence-electron chi connectivity index (χ3n) is 5.57. The molecule has 0 aromatic carbocycles. The standard InChI is InChI=1S/C17H27N3O4/c21-10-11-24-15-12-14(22)17(15)3-7-20(8-4-17)16(23)2-1-6-19-9-5-18-13-19/h5,9,13-15,21-22H,1-4,6-8,10-12H2/t14-,15+/m1/s1. The van der Waals surface area contributed by atoms with Crippen LogP contribution < -0.4 is 0 Å². The Morgan fingerprint density at radius 2 is 2.17 bits per heavy atom. The van der Waals surface area contributed by atoms with E-state index in [1.165, 1.54) is 0 Å². The van der Waals surface area contributed by atoms with Crippen molar-refractivity contribution in [3.8, 4) is 0 Å². The summed E-state index contributed by atoms with van der Waals surface area (Å²) in [5, 5.41) is 19.1. The molecule has 3 rings (SSSR count). The molecule has 1 aromatic heterocycles. The zero-order chi connectivity index (χ0) is 17.0. The molecule has 7 nitrogen and oxygen atoms in total. The smallest absolute Gasteiger partial charge is 0.222 e. The van der Waals surface area contributed by atoms with Gasteiger partial charge in [0.25, 0.3) is 0 Å². The molecular weight excluding hydrogens is 310 g/mol. The number of rotatable bonds is 7. The second-order valence-corrected chi connectivity index (χ2v) is 6.85. The second-order valence-electron chi connectivity index (χ2n) is 6.85. The van der Waals surface area contributed by atoms with Crippen LogP contribution in [0.1, 0.15) is 32.1 Å². The third-order valence-corrected chi connectivity index (χ3v) is 5.57. The molecule has 1 aliphatic carbocycles. The van der Waals surface area contributed by atoms with Crippen LogP contribution in [-0.2, 0) is 16.1 Å². The van der Waals surface area contributed by atoms with E-state index in [-0.39, 0.29) is 30.1 Å². The lowest BCUT2D eigenvalue weighted by atomic mass is 9.58. The molecule has 2 fully saturated rings.